The molecule has 0 fully saturated rings. The van der Waals surface area contributed by atoms with Gasteiger partial charge in [0.05, 0.1) is 6.54 Å². The zero-order valence-corrected chi connectivity index (χ0v) is 20.3. The van der Waals surface area contributed by atoms with Crippen molar-refractivity contribution in [1.29, 1.82) is 0 Å². The first-order valence-corrected chi connectivity index (χ1v) is 11.8. The van der Waals surface area contributed by atoms with Crippen LogP contribution in [0.2, 0.25) is 0 Å². The van der Waals surface area contributed by atoms with Crippen molar-refractivity contribution in [1.82, 2.24) is 14.0 Å². The van der Waals surface area contributed by atoms with Crippen LogP contribution >= 0.6 is 0 Å². The molecule has 7 nitrogen and oxygen atoms in total. The van der Waals surface area contributed by atoms with Gasteiger partial charge < -0.3 is 19.4 Å². The Morgan fingerprint density at radius 3 is 2.46 bits per heavy atom. The molecule has 0 radical (unpaired) electrons. The third-order valence-electron chi connectivity index (χ3n) is 6.15. The van der Waals surface area contributed by atoms with Crippen LogP contribution < -0.4 is 10.9 Å². The van der Waals surface area contributed by atoms with E-state index in [1.165, 1.54) is 6.07 Å². The molecule has 0 spiro atoms. The Morgan fingerprint density at radius 1 is 0.914 bits per heavy atom. The number of anilines is 1. The lowest BCUT2D eigenvalue weighted by molar-refractivity contribution is -0.131. The van der Waals surface area contributed by atoms with Gasteiger partial charge in [-0.15, -0.1) is 0 Å². The van der Waals surface area contributed by atoms with E-state index in [4.69, 9.17) is 0 Å². The van der Waals surface area contributed by atoms with Gasteiger partial charge in [0, 0.05) is 42.1 Å². The Kier molecular flexibility index (Phi) is 7.15. The standard InChI is InChI=1S/C28H30N4O3/c1-4-30(5-2)26(33)19-31-15-13-22-17-23(11-12-25(22)31)29-27(34)24-10-7-14-32(28(24)35)18-21-9-6-8-20(3)16-21/h6-17H,4-5,18-19H2,1-3H3,(H,29,34). The van der Waals surface area contributed by atoms with Gasteiger partial charge in [0.1, 0.15) is 12.1 Å². The first-order valence-electron chi connectivity index (χ1n) is 11.8. The fourth-order valence-corrected chi connectivity index (χ4v) is 4.28. The van der Waals surface area contributed by atoms with E-state index in [1.54, 1.807) is 27.8 Å². The second-order valence-corrected chi connectivity index (χ2v) is 8.58. The van der Waals surface area contributed by atoms with Crippen molar-refractivity contribution < 1.29 is 9.59 Å². The molecule has 0 unspecified atom stereocenters. The molecule has 0 aliphatic rings. The van der Waals surface area contributed by atoms with Gasteiger partial charge in [-0.2, -0.15) is 0 Å². The maximum absolute atomic E-state index is 13.0. The number of nitrogens with zero attached hydrogens (tertiary/aromatic N) is 3. The molecule has 0 saturated heterocycles. The van der Waals surface area contributed by atoms with Gasteiger partial charge in [0.15, 0.2) is 0 Å². The van der Waals surface area contributed by atoms with Crippen molar-refractivity contribution in [3.8, 4) is 0 Å². The Hall–Kier alpha value is -4.13. The number of aromatic nitrogens is 2. The van der Waals surface area contributed by atoms with Crippen molar-refractivity contribution in [3.63, 3.8) is 0 Å². The fourth-order valence-electron chi connectivity index (χ4n) is 4.28. The third-order valence-corrected chi connectivity index (χ3v) is 6.15. The number of benzene rings is 2. The predicted molar refractivity (Wildman–Crippen MR) is 139 cm³/mol. The second kappa shape index (κ2) is 10.4. The summed E-state index contributed by atoms with van der Waals surface area (Å²) in [4.78, 5) is 40.2. The first-order chi connectivity index (χ1) is 16.9. The second-order valence-electron chi connectivity index (χ2n) is 8.58. The number of carbonyl (C=O) groups is 2. The number of likely N-dealkylation sites (N-methyl/N-ethyl adjacent to an activating group) is 1. The number of rotatable bonds is 8. The lowest BCUT2D eigenvalue weighted by Gasteiger charge is -2.19. The van der Waals surface area contributed by atoms with Gasteiger partial charge in [-0.3, -0.25) is 14.4 Å². The highest BCUT2D eigenvalue weighted by atomic mass is 16.2. The van der Waals surface area contributed by atoms with Crippen molar-refractivity contribution in [2.45, 2.75) is 33.9 Å². The highest BCUT2D eigenvalue weighted by Gasteiger charge is 2.15. The maximum Gasteiger partial charge on any atom is 0.263 e. The summed E-state index contributed by atoms with van der Waals surface area (Å²) in [7, 11) is 0. The minimum Gasteiger partial charge on any atom is -0.342 e. The Morgan fingerprint density at radius 2 is 1.71 bits per heavy atom. The monoisotopic (exact) mass is 470 g/mol. The molecule has 0 saturated carbocycles. The van der Waals surface area contributed by atoms with Gasteiger partial charge in [-0.25, -0.2) is 0 Å². The van der Waals surface area contributed by atoms with E-state index in [9.17, 15) is 14.4 Å². The SMILES string of the molecule is CCN(CC)C(=O)Cn1ccc2cc(NC(=O)c3cccn(Cc4cccc(C)c4)c3=O)ccc21. The Bertz CT molecular complexity index is 1430. The highest BCUT2D eigenvalue weighted by Crippen LogP contribution is 2.21. The van der Waals surface area contributed by atoms with Gasteiger partial charge in [0.2, 0.25) is 5.91 Å². The number of carbonyl (C=O) groups excluding carboxylic acids is 2. The topological polar surface area (TPSA) is 76.3 Å². The first kappa shape index (κ1) is 24.0. The minimum absolute atomic E-state index is 0.0656. The molecule has 1 N–H and O–H groups in total. The smallest absolute Gasteiger partial charge is 0.263 e. The van der Waals surface area contributed by atoms with Crippen LogP contribution in [0.4, 0.5) is 5.69 Å². The molecule has 35 heavy (non-hydrogen) atoms. The molecule has 0 bridgehead atoms. The minimum atomic E-state index is -0.455. The van der Waals surface area contributed by atoms with E-state index in [0.717, 1.165) is 22.0 Å². The van der Waals surface area contributed by atoms with Gasteiger partial charge in [-0.05, 0) is 62.7 Å². The molecule has 2 aromatic carbocycles. The molecule has 4 rings (SSSR count). The highest BCUT2D eigenvalue weighted by molar-refractivity contribution is 6.05. The van der Waals surface area contributed by atoms with Crippen LogP contribution in [0.15, 0.2) is 77.9 Å². The summed E-state index contributed by atoms with van der Waals surface area (Å²) in [6.07, 6.45) is 3.56. The zero-order valence-electron chi connectivity index (χ0n) is 20.3. The number of pyridine rings is 1. The summed E-state index contributed by atoms with van der Waals surface area (Å²) in [5.74, 6) is -0.389. The normalized spacial score (nSPS) is 10.9. The molecular weight excluding hydrogens is 440 g/mol. The van der Waals surface area contributed by atoms with Gasteiger partial charge in [-0.1, -0.05) is 29.8 Å². The molecule has 2 aromatic heterocycles. The van der Waals surface area contributed by atoms with E-state index >= 15 is 0 Å². The Labute approximate surface area is 204 Å². The largest absolute Gasteiger partial charge is 0.342 e. The molecule has 180 valence electrons. The molecule has 2 heterocycles. The summed E-state index contributed by atoms with van der Waals surface area (Å²) < 4.78 is 3.45. The van der Waals surface area contributed by atoms with Crippen LogP contribution in [0.3, 0.4) is 0 Å². The number of aryl methyl sites for hydroxylation is 1. The summed E-state index contributed by atoms with van der Waals surface area (Å²) in [5, 5.41) is 3.74. The number of fused-ring (bicyclic) bond motifs is 1. The fraction of sp³-hybridized carbons (Fsp3) is 0.250. The van der Waals surface area contributed by atoms with Crippen LogP contribution in [-0.2, 0) is 17.9 Å². The molecular formula is C28H30N4O3. The number of nitrogens with one attached hydrogen (secondary N) is 1. The quantitative estimate of drug-likeness (QED) is 0.418. The lowest BCUT2D eigenvalue weighted by Crippen LogP contribution is -2.33. The number of hydrogen-bond donors (Lipinski definition) is 1. The van der Waals surface area contributed by atoms with E-state index in [-0.39, 0.29) is 23.6 Å². The average Bonchev–Trinajstić information content (AvgIpc) is 3.23. The van der Waals surface area contributed by atoms with Crippen LogP contribution in [0.5, 0.6) is 0 Å². The molecule has 0 aliphatic heterocycles. The van der Waals surface area contributed by atoms with Crippen molar-refractivity contribution in [2.24, 2.45) is 0 Å². The third kappa shape index (κ3) is 5.35. The summed E-state index contributed by atoms with van der Waals surface area (Å²) in [5.41, 5.74) is 3.36. The van der Waals surface area contributed by atoms with E-state index in [1.807, 2.05) is 74.0 Å². The molecule has 2 amide bonds. The lowest BCUT2D eigenvalue weighted by atomic mass is 10.1. The van der Waals surface area contributed by atoms with Gasteiger partial charge in [0.25, 0.3) is 11.5 Å². The molecule has 4 aromatic rings. The predicted octanol–water partition coefficient (Wildman–Crippen LogP) is 4.28. The Balaban J connectivity index is 1.51. The van der Waals surface area contributed by atoms with Crippen molar-refractivity contribution >= 4 is 28.4 Å². The van der Waals surface area contributed by atoms with Gasteiger partial charge >= 0.3 is 0 Å². The van der Waals surface area contributed by atoms with Crippen molar-refractivity contribution in [3.05, 3.63) is 100 Å². The summed E-state index contributed by atoms with van der Waals surface area (Å²) in [6.45, 7) is 7.95. The van der Waals surface area contributed by atoms with Crippen LogP contribution in [0.25, 0.3) is 10.9 Å². The summed E-state index contributed by atoms with van der Waals surface area (Å²) >= 11 is 0. The molecule has 0 atom stereocenters. The average molecular weight is 471 g/mol. The van der Waals surface area contributed by atoms with E-state index < -0.39 is 5.91 Å². The van der Waals surface area contributed by atoms with E-state index in [2.05, 4.69) is 5.32 Å². The maximum atomic E-state index is 13.0. The molecule has 0 aliphatic carbocycles. The van der Waals surface area contributed by atoms with Crippen LogP contribution in [-0.4, -0.2) is 38.9 Å². The molecule has 7 heteroatoms. The zero-order chi connectivity index (χ0) is 24.9. The van der Waals surface area contributed by atoms with E-state index in [0.29, 0.717) is 25.3 Å². The summed E-state index contributed by atoms with van der Waals surface area (Å²) in [6, 6.07) is 18.6. The van der Waals surface area contributed by atoms with Crippen LogP contribution in [0, 0.1) is 6.92 Å². The van der Waals surface area contributed by atoms with Crippen molar-refractivity contribution in [2.75, 3.05) is 18.4 Å². The van der Waals surface area contributed by atoms with Crippen LogP contribution in [0.1, 0.15) is 35.3 Å². The number of amides is 2. The number of hydrogen-bond acceptors (Lipinski definition) is 3.